The minimum Gasteiger partial charge on any atom is -0.466 e. The Kier molecular flexibility index (Phi) is 53.5. The summed E-state index contributed by atoms with van der Waals surface area (Å²) in [6.45, 7) is 4.95. The molecule has 0 saturated carbocycles. The second-order valence-corrected chi connectivity index (χ2v) is 20.3. The lowest BCUT2D eigenvalue weighted by atomic mass is 10.0. The van der Waals surface area contributed by atoms with Crippen LogP contribution in [0.1, 0.15) is 335 Å². The normalized spacial score (nSPS) is 12.5. The van der Waals surface area contributed by atoms with E-state index in [1.807, 2.05) is 0 Å². The van der Waals surface area contributed by atoms with Crippen molar-refractivity contribution in [3.05, 3.63) is 0 Å². The van der Waals surface area contributed by atoms with Gasteiger partial charge in [0.2, 0.25) is 5.91 Å². The number of hydrogen-bond acceptors (Lipinski definition) is 5. The predicted molar refractivity (Wildman–Crippen MR) is 278 cm³/mol. The lowest BCUT2D eigenvalue weighted by molar-refractivity contribution is -0.143. The van der Waals surface area contributed by atoms with Crippen LogP contribution in [-0.2, 0) is 14.3 Å². The van der Waals surface area contributed by atoms with Crippen LogP contribution in [0.4, 0.5) is 0 Å². The third-order valence-electron chi connectivity index (χ3n) is 13.9. The third-order valence-corrected chi connectivity index (χ3v) is 13.9. The molecule has 382 valence electrons. The summed E-state index contributed by atoms with van der Waals surface area (Å²) in [5.41, 5.74) is 0. The number of rotatable bonds is 55. The van der Waals surface area contributed by atoms with Crippen LogP contribution in [-0.4, -0.2) is 47.4 Å². The van der Waals surface area contributed by atoms with Gasteiger partial charge < -0.3 is 20.3 Å². The van der Waals surface area contributed by atoms with Crippen LogP contribution in [0, 0.1) is 0 Å². The molecule has 0 rings (SSSR count). The van der Waals surface area contributed by atoms with Crippen molar-refractivity contribution in [2.24, 2.45) is 0 Å². The molecular formula is C58H115NO5. The molecule has 0 fully saturated rings. The number of amides is 1. The Morgan fingerprint density at radius 1 is 0.375 bits per heavy atom. The Bertz CT molecular complexity index is 913. The SMILES string of the molecule is CCCCCCCCCCCCCCCCCCCCC(=O)OCCCCCCCCCCCCCCC(=O)NC(CO)C(O)CCCCCCCCCCCCCCCCCCC. The van der Waals surface area contributed by atoms with Crippen LogP contribution in [0.3, 0.4) is 0 Å². The first-order valence-corrected chi connectivity index (χ1v) is 29.3. The summed E-state index contributed by atoms with van der Waals surface area (Å²) in [4.78, 5) is 24.6. The Hall–Kier alpha value is -1.14. The monoisotopic (exact) mass is 906 g/mol. The molecule has 0 aliphatic carbocycles. The van der Waals surface area contributed by atoms with Crippen LogP contribution >= 0.6 is 0 Å². The smallest absolute Gasteiger partial charge is 0.305 e. The van der Waals surface area contributed by atoms with E-state index in [1.165, 1.54) is 244 Å². The van der Waals surface area contributed by atoms with E-state index in [-0.39, 0.29) is 18.5 Å². The maximum Gasteiger partial charge on any atom is 0.305 e. The highest BCUT2D eigenvalue weighted by atomic mass is 16.5. The zero-order valence-electron chi connectivity index (χ0n) is 43.5. The van der Waals surface area contributed by atoms with Crippen LogP contribution in [0.15, 0.2) is 0 Å². The fraction of sp³-hybridized carbons (Fsp3) is 0.966. The van der Waals surface area contributed by atoms with Crippen LogP contribution in [0.25, 0.3) is 0 Å². The van der Waals surface area contributed by atoms with Crippen LogP contribution < -0.4 is 5.32 Å². The number of ether oxygens (including phenoxy) is 1. The van der Waals surface area contributed by atoms with Gasteiger partial charge in [-0.05, 0) is 25.7 Å². The molecular weight excluding hydrogens is 791 g/mol. The van der Waals surface area contributed by atoms with Gasteiger partial charge in [-0.15, -0.1) is 0 Å². The van der Waals surface area contributed by atoms with Crippen molar-refractivity contribution in [2.45, 2.75) is 347 Å². The first kappa shape index (κ1) is 62.9. The molecule has 2 unspecified atom stereocenters. The maximum absolute atomic E-state index is 12.5. The summed E-state index contributed by atoms with van der Waals surface area (Å²) < 4.78 is 5.48. The molecule has 64 heavy (non-hydrogen) atoms. The Balaban J connectivity index is 3.42. The first-order valence-electron chi connectivity index (χ1n) is 29.3. The van der Waals surface area contributed by atoms with Crippen LogP contribution in [0.5, 0.6) is 0 Å². The van der Waals surface area contributed by atoms with Gasteiger partial charge in [0, 0.05) is 12.8 Å². The van der Waals surface area contributed by atoms with Gasteiger partial charge >= 0.3 is 5.97 Å². The fourth-order valence-corrected chi connectivity index (χ4v) is 9.41. The van der Waals surface area contributed by atoms with Gasteiger partial charge in [0.25, 0.3) is 0 Å². The van der Waals surface area contributed by atoms with E-state index in [2.05, 4.69) is 19.2 Å². The van der Waals surface area contributed by atoms with E-state index >= 15 is 0 Å². The highest BCUT2D eigenvalue weighted by Gasteiger charge is 2.20. The van der Waals surface area contributed by atoms with E-state index in [0.29, 0.717) is 25.9 Å². The van der Waals surface area contributed by atoms with Crippen molar-refractivity contribution >= 4 is 11.9 Å². The summed E-state index contributed by atoms with van der Waals surface area (Å²) in [7, 11) is 0. The molecule has 0 aromatic heterocycles. The minimum atomic E-state index is -0.673. The molecule has 0 bridgehead atoms. The molecule has 0 aliphatic heterocycles. The molecule has 6 nitrogen and oxygen atoms in total. The number of aliphatic hydroxyl groups is 2. The summed E-state index contributed by atoms with van der Waals surface area (Å²) in [5, 5.41) is 23.3. The van der Waals surface area contributed by atoms with Crippen molar-refractivity contribution in [3.8, 4) is 0 Å². The second-order valence-electron chi connectivity index (χ2n) is 20.3. The highest BCUT2D eigenvalue weighted by molar-refractivity contribution is 5.76. The molecule has 2 atom stereocenters. The summed E-state index contributed by atoms with van der Waals surface area (Å²) >= 11 is 0. The topological polar surface area (TPSA) is 95.9 Å². The van der Waals surface area contributed by atoms with Gasteiger partial charge in [0.15, 0.2) is 0 Å². The number of carbonyl (C=O) groups is 2. The number of esters is 1. The second kappa shape index (κ2) is 54.5. The van der Waals surface area contributed by atoms with Gasteiger partial charge in [0.05, 0.1) is 25.4 Å². The summed E-state index contributed by atoms with van der Waals surface area (Å²) in [5.74, 6) is -0.0503. The lowest BCUT2D eigenvalue weighted by Gasteiger charge is -2.22. The molecule has 0 saturated heterocycles. The summed E-state index contributed by atoms with van der Waals surface area (Å²) in [6, 6.07) is -0.552. The highest BCUT2D eigenvalue weighted by Crippen LogP contribution is 2.18. The van der Waals surface area contributed by atoms with Crippen molar-refractivity contribution in [2.75, 3.05) is 13.2 Å². The van der Waals surface area contributed by atoms with Gasteiger partial charge in [-0.25, -0.2) is 0 Å². The van der Waals surface area contributed by atoms with Crippen molar-refractivity contribution < 1.29 is 24.5 Å². The molecule has 1 amide bonds. The maximum atomic E-state index is 12.5. The van der Waals surface area contributed by atoms with Gasteiger partial charge in [-0.2, -0.15) is 0 Å². The lowest BCUT2D eigenvalue weighted by Crippen LogP contribution is -2.45. The standard InChI is InChI=1S/C58H115NO5/c1-3-5-7-9-11-13-15-17-19-21-23-25-27-32-36-40-44-48-52-58(63)64-53-49-45-41-37-33-29-28-31-35-39-43-47-51-57(62)59-55(54-60)56(61)50-46-42-38-34-30-26-24-22-20-18-16-14-12-10-8-6-4-2/h55-56,60-61H,3-54H2,1-2H3,(H,59,62). The molecule has 0 heterocycles. The predicted octanol–water partition coefficient (Wildman–Crippen LogP) is 17.9. The Labute approximate surface area is 400 Å². The summed E-state index contributed by atoms with van der Waals surface area (Å²) in [6.07, 6.45) is 62.3. The van der Waals surface area contributed by atoms with E-state index in [0.717, 1.165) is 57.8 Å². The number of unbranched alkanes of at least 4 members (excludes halogenated alkanes) is 44. The van der Waals surface area contributed by atoms with E-state index < -0.39 is 12.1 Å². The van der Waals surface area contributed by atoms with E-state index in [1.54, 1.807) is 0 Å². The van der Waals surface area contributed by atoms with Crippen molar-refractivity contribution in [1.29, 1.82) is 0 Å². The molecule has 6 heteroatoms. The number of carbonyl (C=O) groups excluding carboxylic acids is 2. The molecule has 0 aromatic rings. The van der Waals surface area contributed by atoms with Gasteiger partial charge in [-0.3, -0.25) is 9.59 Å². The zero-order valence-corrected chi connectivity index (χ0v) is 43.5. The van der Waals surface area contributed by atoms with Gasteiger partial charge in [0.1, 0.15) is 0 Å². The molecule has 0 spiro atoms. The van der Waals surface area contributed by atoms with Crippen molar-refractivity contribution in [3.63, 3.8) is 0 Å². The van der Waals surface area contributed by atoms with Crippen LogP contribution in [0.2, 0.25) is 0 Å². The average Bonchev–Trinajstić information content (AvgIpc) is 3.29. The minimum absolute atomic E-state index is 0.00360. The first-order chi connectivity index (χ1) is 31.5. The molecule has 3 N–H and O–H groups in total. The number of nitrogens with one attached hydrogen (secondary N) is 1. The molecule has 0 aliphatic rings. The third kappa shape index (κ3) is 50.3. The zero-order chi connectivity index (χ0) is 46.5. The Morgan fingerprint density at radius 3 is 0.953 bits per heavy atom. The molecule has 0 aromatic carbocycles. The van der Waals surface area contributed by atoms with E-state index in [4.69, 9.17) is 4.74 Å². The average molecular weight is 907 g/mol. The van der Waals surface area contributed by atoms with Gasteiger partial charge in [-0.1, -0.05) is 296 Å². The van der Waals surface area contributed by atoms with E-state index in [9.17, 15) is 19.8 Å². The quantitative estimate of drug-likeness (QED) is 0.0417. The van der Waals surface area contributed by atoms with Crippen molar-refractivity contribution in [1.82, 2.24) is 5.32 Å². The number of hydrogen-bond donors (Lipinski definition) is 3. The molecule has 0 radical (unpaired) electrons. The Morgan fingerprint density at radius 2 is 0.641 bits per heavy atom. The number of aliphatic hydroxyl groups excluding tert-OH is 2. The fourth-order valence-electron chi connectivity index (χ4n) is 9.41. The largest absolute Gasteiger partial charge is 0.466 e.